The molecule has 0 radical (unpaired) electrons. The standard InChI is InChI=1S/C11H10ClNO2/c12-6-11(14)9-1-2-10-8(5-9)3-4-15-7-13-10/h1-2,5,7H,3-4,6H2. The number of ether oxygens (including phenoxy) is 1. The Morgan fingerprint density at radius 3 is 3.20 bits per heavy atom. The van der Waals surface area contributed by atoms with Crippen molar-refractivity contribution < 1.29 is 9.53 Å². The lowest BCUT2D eigenvalue weighted by Crippen LogP contribution is -2.01. The minimum absolute atomic E-state index is 0.0125. The highest BCUT2D eigenvalue weighted by Crippen LogP contribution is 2.23. The molecule has 0 N–H and O–H groups in total. The number of hydrogen-bond donors (Lipinski definition) is 0. The Bertz CT molecular complexity index is 415. The zero-order valence-corrected chi connectivity index (χ0v) is 8.83. The molecule has 2 rings (SSSR count). The molecule has 3 nitrogen and oxygen atoms in total. The van der Waals surface area contributed by atoms with Crippen LogP contribution in [0.4, 0.5) is 5.69 Å². The summed E-state index contributed by atoms with van der Waals surface area (Å²) >= 11 is 5.50. The molecule has 4 heteroatoms. The van der Waals surface area contributed by atoms with E-state index in [1.165, 1.54) is 6.40 Å². The van der Waals surface area contributed by atoms with E-state index in [1.54, 1.807) is 6.07 Å². The van der Waals surface area contributed by atoms with Gasteiger partial charge in [0.2, 0.25) is 0 Å². The molecule has 0 amide bonds. The Morgan fingerprint density at radius 1 is 1.53 bits per heavy atom. The number of carbonyl (C=O) groups is 1. The quantitative estimate of drug-likeness (QED) is 0.570. The summed E-state index contributed by atoms with van der Waals surface area (Å²) in [4.78, 5) is 15.5. The molecule has 1 heterocycles. The number of Topliss-reactive ketones (excluding diaryl/α,β-unsaturated/α-hetero) is 1. The van der Waals surface area contributed by atoms with E-state index in [9.17, 15) is 4.79 Å². The molecule has 0 unspecified atom stereocenters. The first kappa shape index (κ1) is 10.2. The second-order valence-corrected chi connectivity index (χ2v) is 3.52. The van der Waals surface area contributed by atoms with Crippen LogP contribution in [0.15, 0.2) is 23.2 Å². The van der Waals surface area contributed by atoms with Crippen LogP contribution >= 0.6 is 11.6 Å². The normalized spacial score (nSPS) is 13.9. The number of aliphatic imine (C=N–C) groups is 1. The predicted octanol–water partition coefficient (Wildman–Crippen LogP) is 2.34. The lowest BCUT2D eigenvalue weighted by molar-refractivity contribution is 0.102. The van der Waals surface area contributed by atoms with E-state index in [-0.39, 0.29) is 11.7 Å². The molecule has 0 aliphatic carbocycles. The summed E-state index contributed by atoms with van der Waals surface area (Å²) in [6.45, 7) is 0.592. The highest BCUT2D eigenvalue weighted by atomic mass is 35.5. The SMILES string of the molecule is O=C(CCl)c1ccc2c(c1)CCOC=N2. The van der Waals surface area contributed by atoms with E-state index in [0.29, 0.717) is 12.2 Å². The van der Waals surface area contributed by atoms with E-state index in [1.807, 2.05) is 12.1 Å². The van der Waals surface area contributed by atoms with Crippen molar-refractivity contribution in [1.82, 2.24) is 0 Å². The number of ketones is 1. The fraction of sp³-hybridized carbons (Fsp3) is 0.273. The Hall–Kier alpha value is -1.35. The van der Waals surface area contributed by atoms with Gasteiger partial charge in [-0.05, 0) is 23.8 Å². The summed E-state index contributed by atoms with van der Waals surface area (Å²) in [6, 6.07) is 5.40. The summed E-state index contributed by atoms with van der Waals surface area (Å²) in [6.07, 6.45) is 2.20. The Balaban J connectivity index is 2.37. The number of hydrogen-bond acceptors (Lipinski definition) is 3. The minimum atomic E-state index is -0.0615. The maximum absolute atomic E-state index is 11.4. The van der Waals surface area contributed by atoms with Gasteiger partial charge in [-0.15, -0.1) is 11.6 Å². The lowest BCUT2D eigenvalue weighted by atomic mass is 10.0. The van der Waals surface area contributed by atoms with E-state index < -0.39 is 0 Å². The topological polar surface area (TPSA) is 38.7 Å². The fourth-order valence-electron chi connectivity index (χ4n) is 1.48. The third-order valence-corrected chi connectivity index (χ3v) is 2.52. The number of nitrogens with zero attached hydrogens (tertiary/aromatic N) is 1. The van der Waals surface area contributed by atoms with Crippen molar-refractivity contribution in [3.8, 4) is 0 Å². The van der Waals surface area contributed by atoms with E-state index >= 15 is 0 Å². The molecule has 1 aliphatic rings. The van der Waals surface area contributed by atoms with Crippen LogP contribution in [0, 0.1) is 0 Å². The second-order valence-electron chi connectivity index (χ2n) is 3.26. The summed E-state index contributed by atoms with van der Waals surface area (Å²) in [5.74, 6) is -0.0490. The smallest absolute Gasteiger partial charge is 0.177 e. The van der Waals surface area contributed by atoms with Crippen LogP contribution in [0.1, 0.15) is 15.9 Å². The maximum atomic E-state index is 11.4. The Morgan fingerprint density at radius 2 is 2.40 bits per heavy atom. The third-order valence-electron chi connectivity index (χ3n) is 2.28. The summed E-state index contributed by atoms with van der Waals surface area (Å²) < 4.78 is 5.10. The number of benzene rings is 1. The number of alkyl halides is 1. The largest absolute Gasteiger partial charge is 0.483 e. The van der Waals surface area contributed by atoms with Gasteiger partial charge in [-0.1, -0.05) is 0 Å². The molecule has 0 spiro atoms. The molecule has 0 saturated carbocycles. The van der Waals surface area contributed by atoms with Crippen molar-refractivity contribution in [2.45, 2.75) is 6.42 Å². The zero-order chi connectivity index (χ0) is 10.7. The monoisotopic (exact) mass is 223 g/mol. The van der Waals surface area contributed by atoms with Crippen LogP contribution in [0.5, 0.6) is 0 Å². The fourth-order valence-corrected chi connectivity index (χ4v) is 1.63. The predicted molar refractivity (Wildman–Crippen MR) is 59.3 cm³/mol. The number of rotatable bonds is 2. The first-order chi connectivity index (χ1) is 7.31. The average Bonchev–Trinajstić information content (AvgIpc) is 2.51. The van der Waals surface area contributed by atoms with Gasteiger partial charge in [0.1, 0.15) is 0 Å². The molecule has 0 saturated heterocycles. The molecule has 1 aromatic carbocycles. The van der Waals surface area contributed by atoms with Gasteiger partial charge >= 0.3 is 0 Å². The van der Waals surface area contributed by atoms with Crippen LogP contribution < -0.4 is 0 Å². The molecule has 0 atom stereocenters. The molecular formula is C11H10ClNO2. The van der Waals surface area contributed by atoms with Gasteiger partial charge in [-0.25, -0.2) is 4.99 Å². The van der Waals surface area contributed by atoms with Crippen molar-refractivity contribution in [2.75, 3.05) is 12.5 Å². The van der Waals surface area contributed by atoms with Crippen molar-refractivity contribution in [3.63, 3.8) is 0 Å². The molecule has 0 fully saturated rings. The van der Waals surface area contributed by atoms with E-state index in [0.717, 1.165) is 17.7 Å². The summed E-state index contributed by atoms with van der Waals surface area (Å²) in [7, 11) is 0. The van der Waals surface area contributed by atoms with Crippen LogP contribution in [0.25, 0.3) is 0 Å². The van der Waals surface area contributed by atoms with Gasteiger partial charge < -0.3 is 4.74 Å². The zero-order valence-electron chi connectivity index (χ0n) is 8.07. The number of carbonyl (C=O) groups excluding carboxylic acids is 1. The maximum Gasteiger partial charge on any atom is 0.177 e. The molecular weight excluding hydrogens is 214 g/mol. The number of fused-ring (bicyclic) bond motifs is 1. The highest BCUT2D eigenvalue weighted by Gasteiger charge is 2.09. The van der Waals surface area contributed by atoms with Crippen LogP contribution in [-0.2, 0) is 11.2 Å². The molecule has 15 heavy (non-hydrogen) atoms. The highest BCUT2D eigenvalue weighted by molar-refractivity contribution is 6.30. The van der Waals surface area contributed by atoms with Gasteiger partial charge in [0, 0.05) is 12.0 Å². The molecule has 0 aromatic heterocycles. The summed E-state index contributed by atoms with van der Waals surface area (Å²) in [5, 5.41) is 0. The van der Waals surface area contributed by atoms with E-state index in [4.69, 9.17) is 16.3 Å². The molecule has 78 valence electrons. The van der Waals surface area contributed by atoms with Crippen LogP contribution in [0.2, 0.25) is 0 Å². The third kappa shape index (κ3) is 2.18. The van der Waals surface area contributed by atoms with Gasteiger partial charge in [0.15, 0.2) is 12.2 Å². The van der Waals surface area contributed by atoms with Gasteiger partial charge in [0.25, 0.3) is 0 Å². The van der Waals surface area contributed by atoms with Gasteiger partial charge in [-0.2, -0.15) is 0 Å². The summed E-state index contributed by atoms with van der Waals surface area (Å²) in [5.41, 5.74) is 2.53. The Labute approximate surface area is 92.7 Å². The first-order valence-electron chi connectivity index (χ1n) is 4.67. The van der Waals surface area contributed by atoms with Crippen molar-refractivity contribution >= 4 is 29.5 Å². The van der Waals surface area contributed by atoms with Crippen molar-refractivity contribution in [1.29, 1.82) is 0 Å². The van der Waals surface area contributed by atoms with Gasteiger partial charge in [-0.3, -0.25) is 4.79 Å². The molecule has 0 bridgehead atoms. The van der Waals surface area contributed by atoms with Crippen LogP contribution in [0.3, 0.4) is 0 Å². The molecule has 1 aliphatic heterocycles. The van der Waals surface area contributed by atoms with Gasteiger partial charge in [0.05, 0.1) is 18.2 Å². The average molecular weight is 224 g/mol. The Kier molecular flexibility index (Phi) is 3.02. The van der Waals surface area contributed by atoms with E-state index in [2.05, 4.69) is 4.99 Å². The first-order valence-corrected chi connectivity index (χ1v) is 5.21. The molecule has 1 aromatic rings. The lowest BCUT2D eigenvalue weighted by Gasteiger charge is -2.04. The van der Waals surface area contributed by atoms with Crippen molar-refractivity contribution in [3.05, 3.63) is 29.3 Å². The second kappa shape index (κ2) is 4.45. The van der Waals surface area contributed by atoms with Crippen LogP contribution in [-0.4, -0.2) is 24.7 Å². The number of halogens is 1. The van der Waals surface area contributed by atoms with Crippen molar-refractivity contribution in [2.24, 2.45) is 4.99 Å². The minimum Gasteiger partial charge on any atom is -0.483 e.